The number of hydrogen-bond acceptors (Lipinski definition) is 3. The number of aromatic nitrogens is 2. The van der Waals surface area contributed by atoms with Gasteiger partial charge in [-0.05, 0) is 95.4 Å². The number of aryl methyl sites for hydroxylation is 1. The number of rotatable bonds is 2. The minimum absolute atomic E-state index is 0.0531. The van der Waals surface area contributed by atoms with Gasteiger partial charge in [-0.25, -0.2) is 4.79 Å². The van der Waals surface area contributed by atoms with E-state index in [2.05, 4.69) is 65.3 Å². The van der Waals surface area contributed by atoms with Gasteiger partial charge in [-0.3, -0.25) is 9.36 Å². The molecule has 3 aromatic heterocycles. The summed E-state index contributed by atoms with van der Waals surface area (Å²) in [4.78, 5) is 26.5. The van der Waals surface area contributed by atoms with Crippen LogP contribution in [-0.4, -0.2) is 9.13 Å². The molecule has 3 heterocycles. The summed E-state index contributed by atoms with van der Waals surface area (Å²) in [5, 5.41) is 6.26. The van der Waals surface area contributed by atoms with Crippen LogP contribution in [0.3, 0.4) is 0 Å². The van der Waals surface area contributed by atoms with Gasteiger partial charge in [0.1, 0.15) is 11.0 Å². The summed E-state index contributed by atoms with van der Waals surface area (Å²) in [5.74, 6) is 0. The molecule has 5 nitrogen and oxygen atoms in total. The number of allylic oxidation sites excluding steroid dienone is 1. The predicted octanol–water partition coefficient (Wildman–Crippen LogP) is 8.31. The molecule has 0 spiro atoms. The molecule has 5 aromatic carbocycles. The lowest BCUT2D eigenvalue weighted by molar-refractivity contribution is 0.568. The maximum Gasteiger partial charge on any atom is 0.349 e. The van der Waals surface area contributed by atoms with Gasteiger partial charge < -0.3 is 8.98 Å². The molecule has 43 heavy (non-hydrogen) atoms. The van der Waals surface area contributed by atoms with Gasteiger partial charge in [0.05, 0.1) is 11.0 Å². The van der Waals surface area contributed by atoms with Gasteiger partial charge in [-0.2, -0.15) is 0 Å². The van der Waals surface area contributed by atoms with E-state index in [1.165, 1.54) is 37.2 Å². The number of benzene rings is 5. The second-order valence-corrected chi connectivity index (χ2v) is 11.2. The van der Waals surface area contributed by atoms with Gasteiger partial charge in [0.2, 0.25) is 0 Å². The van der Waals surface area contributed by atoms with E-state index in [4.69, 9.17) is 4.42 Å². The molecule has 5 heteroatoms. The van der Waals surface area contributed by atoms with Crippen molar-refractivity contribution in [3.05, 3.63) is 147 Å². The summed E-state index contributed by atoms with van der Waals surface area (Å²) in [7, 11) is 0. The minimum Gasteiger partial charge on any atom is -0.422 e. The quantitative estimate of drug-likeness (QED) is 0.159. The zero-order chi connectivity index (χ0) is 28.7. The first-order valence-corrected chi connectivity index (χ1v) is 14.5. The van der Waals surface area contributed by atoms with Crippen LogP contribution in [0.2, 0.25) is 0 Å². The first-order chi connectivity index (χ1) is 21.1. The zero-order valence-electron chi connectivity index (χ0n) is 23.1. The normalized spacial score (nSPS) is 13.0. The maximum atomic E-state index is 13.6. The lowest BCUT2D eigenvalue weighted by Crippen LogP contribution is -2.22. The number of para-hydroxylation sites is 1. The number of pyridine rings is 1. The van der Waals surface area contributed by atoms with E-state index in [0.717, 1.165) is 34.9 Å². The Morgan fingerprint density at radius 1 is 0.651 bits per heavy atom. The van der Waals surface area contributed by atoms with Crippen molar-refractivity contribution < 1.29 is 4.42 Å². The third-order valence-electron chi connectivity index (χ3n) is 8.83. The first kappa shape index (κ1) is 24.0. The zero-order valence-corrected chi connectivity index (χ0v) is 23.1. The molecule has 0 aliphatic heterocycles. The molecule has 1 aliphatic carbocycles. The second kappa shape index (κ2) is 8.91. The van der Waals surface area contributed by atoms with Crippen LogP contribution in [0, 0.1) is 0 Å². The summed E-state index contributed by atoms with van der Waals surface area (Å²) in [6.07, 6.45) is 8.32. The van der Waals surface area contributed by atoms with E-state index in [1.807, 2.05) is 48.5 Å². The van der Waals surface area contributed by atoms with Crippen molar-refractivity contribution in [2.24, 2.45) is 0 Å². The van der Waals surface area contributed by atoms with Crippen LogP contribution in [0.1, 0.15) is 17.5 Å². The Kier molecular flexibility index (Phi) is 4.97. The van der Waals surface area contributed by atoms with Crippen molar-refractivity contribution in [1.29, 1.82) is 0 Å². The van der Waals surface area contributed by atoms with E-state index >= 15 is 0 Å². The van der Waals surface area contributed by atoms with Crippen molar-refractivity contribution in [2.75, 3.05) is 0 Å². The van der Waals surface area contributed by atoms with Crippen LogP contribution >= 0.6 is 0 Å². The van der Waals surface area contributed by atoms with Crippen LogP contribution in [-0.2, 0) is 6.42 Å². The molecule has 1 aliphatic rings. The lowest BCUT2D eigenvalue weighted by atomic mass is 9.95. The van der Waals surface area contributed by atoms with E-state index in [1.54, 1.807) is 12.3 Å². The number of fused-ring (bicyclic) bond motifs is 8. The smallest absolute Gasteiger partial charge is 0.349 e. The fourth-order valence-corrected chi connectivity index (χ4v) is 6.76. The Morgan fingerprint density at radius 2 is 1.37 bits per heavy atom. The molecule has 0 radical (unpaired) electrons. The van der Waals surface area contributed by atoms with Gasteiger partial charge in [-0.15, -0.1) is 0 Å². The van der Waals surface area contributed by atoms with E-state index in [0.29, 0.717) is 16.7 Å². The Bertz CT molecular complexity index is 2600. The molecule has 0 bridgehead atoms. The maximum absolute atomic E-state index is 13.6. The molecule has 204 valence electrons. The predicted molar refractivity (Wildman–Crippen MR) is 175 cm³/mol. The van der Waals surface area contributed by atoms with Crippen molar-refractivity contribution in [1.82, 2.24) is 9.13 Å². The van der Waals surface area contributed by atoms with Gasteiger partial charge in [0, 0.05) is 39.1 Å². The summed E-state index contributed by atoms with van der Waals surface area (Å²) >= 11 is 0. The molecular formula is C38H24N2O3. The third kappa shape index (κ3) is 3.52. The SMILES string of the molecule is O=c1oc2ccccc2c2ccn(-c3ccc(-n4c5cc6c(cc5c5cc7ccccc7cc54)CCC=C6)cc3)c(=O)c12. The summed E-state index contributed by atoms with van der Waals surface area (Å²) < 4.78 is 9.31. The van der Waals surface area contributed by atoms with E-state index in [-0.39, 0.29) is 5.39 Å². The monoisotopic (exact) mass is 556 g/mol. The van der Waals surface area contributed by atoms with Gasteiger partial charge in [0.15, 0.2) is 0 Å². The minimum atomic E-state index is -0.625. The summed E-state index contributed by atoms with van der Waals surface area (Å²) in [6.45, 7) is 0. The molecule has 9 rings (SSSR count). The molecule has 0 saturated heterocycles. The highest BCUT2D eigenvalue weighted by atomic mass is 16.4. The van der Waals surface area contributed by atoms with Crippen LogP contribution < -0.4 is 11.2 Å². The van der Waals surface area contributed by atoms with Gasteiger partial charge in [0.25, 0.3) is 5.56 Å². The van der Waals surface area contributed by atoms with Gasteiger partial charge in [-0.1, -0.05) is 54.6 Å². The summed E-state index contributed by atoms with van der Waals surface area (Å²) in [5.41, 5.74) is 6.05. The molecule has 0 amide bonds. The molecule has 0 fully saturated rings. The molecule has 0 unspecified atom stereocenters. The van der Waals surface area contributed by atoms with Crippen molar-refractivity contribution in [3.8, 4) is 11.4 Å². The Balaban J connectivity index is 1.25. The van der Waals surface area contributed by atoms with E-state index < -0.39 is 11.2 Å². The topological polar surface area (TPSA) is 57.1 Å². The highest BCUT2D eigenvalue weighted by Crippen LogP contribution is 2.37. The molecule has 8 aromatic rings. The molecule has 0 saturated carbocycles. The van der Waals surface area contributed by atoms with Gasteiger partial charge >= 0.3 is 5.63 Å². The number of hydrogen-bond donors (Lipinski definition) is 0. The first-order valence-electron chi connectivity index (χ1n) is 14.5. The van der Waals surface area contributed by atoms with Crippen LogP contribution in [0.5, 0.6) is 0 Å². The fourth-order valence-electron chi connectivity index (χ4n) is 6.76. The fraction of sp³-hybridized carbons (Fsp3) is 0.0526. The lowest BCUT2D eigenvalue weighted by Gasteiger charge is -2.13. The van der Waals surface area contributed by atoms with Crippen LogP contribution in [0.4, 0.5) is 0 Å². The Hall–Kier alpha value is -5.68. The average Bonchev–Trinajstić information content (AvgIpc) is 3.34. The molecular weight excluding hydrogens is 532 g/mol. The Labute approximate surface area is 245 Å². The largest absolute Gasteiger partial charge is 0.422 e. The van der Waals surface area contributed by atoms with Crippen molar-refractivity contribution in [3.63, 3.8) is 0 Å². The van der Waals surface area contributed by atoms with E-state index in [9.17, 15) is 9.59 Å². The van der Waals surface area contributed by atoms with Crippen LogP contribution in [0.15, 0.2) is 129 Å². The standard InChI is InChI=1S/C38H24N2O3/c41-37-36-30(29-11-5-6-12-35(29)43-38(36)42)17-18-39(37)27-13-15-28(16-14-27)40-33-21-25-9-3-1-7-23(25)19-31(33)32-20-24-8-2-4-10-26(24)22-34(32)40/h1,3-7,9-22H,2,8H2. The molecule has 0 atom stereocenters. The molecule has 0 N–H and O–H groups in total. The third-order valence-corrected chi connectivity index (χ3v) is 8.83. The highest BCUT2D eigenvalue weighted by molar-refractivity contribution is 6.14. The average molecular weight is 557 g/mol. The van der Waals surface area contributed by atoms with Crippen molar-refractivity contribution in [2.45, 2.75) is 12.8 Å². The number of nitrogens with zero attached hydrogens (tertiary/aromatic N) is 2. The Morgan fingerprint density at radius 3 is 2.23 bits per heavy atom. The second-order valence-electron chi connectivity index (χ2n) is 11.2. The van der Waals surface area contributed by atoms with Crippen molar-refractivity contribution >= 4 is 60.4 Å². The summed E-state index contributed by atoms with van der Waals surface area (Å²) in [6, 6.07) is 34.8. The van der Waals surface area contributed by atoms with Crippen LogP contribution in [0.25, 0.3) is 71.8 Å². The highest BCUT2D eigenvalue weighted by Gasteiger charge is 2.18.